The lowest BCUT2D eigenvalue weighted by Crippen LogP contribution is -2.13. The molecule has 1 fully saturated rings. The van der Waals surface area contributed by atoms with Gasteiger partial charge < -0.3 is 14.9 Å². The molecule has 5 aromatic heterocycles. The second-order valence-corrected chi connectivity index (χ2v) is 9.23. The van der Waals surface area contributed by atoms with E-state index in [9.17, 15) is 4.79 Å². The molecule has 6 aromatic rings. The summed E-state index contributed by atoms with van der Waals surface area (Å²) in [5.41, 5.74) is 8.47. The van der Waals surface area contributed by atoms with Crippen LogP contribution in [0.1, 0.15) is 18.5 Å². The summed E-state index contributed by atoms with van der Waals surface area (Å²) in [4.78, 5) is 29.3. The van der Waals surface area contributed by atoms with E-state index in [2.05, 4.69) is 42.6 Å². The van der Waals surface area contributed by atoms with E-state index in [0.29, 0.717) is 5.69 Å². The number of pyridine rings is 2. The van der Waals surface area contributed by atoms with Crippen LogP contribution in [0, 0.1) is 12.8 Å². The Morgan fingerprint density at radius 2 is 2.03 bits per heavy atom. The highest BCUT2D eigenvalue weighted by Crippen LogP contribution is 2.33. The van der Waals surface area contributed by atoms with Crippen LogP contribution in [0.5, 0.6) is 0 Å². The van der Waals surface area contributed by atoms with Gasteiger partial charge in [0.2, 0.25) is 5.91 Å². The zero-order chi connectivity index (χ0) is 24.2. The standard InChI is InChI=1S/C27H22N8O/c1-15-13-35(14-29-15)24-4-2-3-21-19(24)10-23(31-21)26-25-22(33-34-26)8-7-20(32-25)17-9-18(12-28-11-17)30-27(36)16-5-6-16/h2-4,7-14,16,31H,5-6H2,1H3,(H,30,36)(H,33,34). The number of fused-ring (bicyclic) bond motifs is 2. The van der Waals surface area contributed by atoms with Crippen LogP contribution in [-0.4, -0.2) is 40.6 Å². The number of carbonyl (C=O) groups is 1. The van der Waals surface area contributed by atoms with Crippen molar-refractivity contribution in [2.75, 3.05) is 5.32 Å². The number of rotatable bonds is 5. The van der Waals surface area contributed by atoms with Crippen molar-refractivity contribution in [2.24, 2.45) is 5.92 Å². The maximum Gasteiger partial charge on any atom is 0.227 e. The zero-order valence-electron chi connectivity index (χ0n) is 19.5. The third-order valence-electron chi connectivity index (χ3n) is 6.54. The number of anilines is 1. The summed E-state index contributed by atoms with van der Waals surface area (Å²) in [5.74, 6) is 0.185. The van der Waals surface area contributed by atoms with Crippen molar-refractivity contribution in [1.82, 2.24) is 34.7 Å². The molecule has 1 aromatic carbocycles. The van der Waals surface area contributed by atoms with Crippen LogP contribution in [0.3, 0.4) is 0 Å². The first-order chi connectivity index (χ1) is 17.6. The third-order valence-corrected chi connectivity index (χ3v) is 6.54. The summed E-state index contributed by atoms with van der Waals surface area (Å²) in [6.07, 6.45) is 9.16. The maximum atomic E-state index is 12.2. The lowest BCUT2D eigenvalue weighted by Gasteiger charge is -2.06. The molecule has 7 rings (SSSR count). The maximum absolute atomic E-state index is 12.2. The van der Waals surface area contributed by atoms with Gasteiger partial charge in [0.25, 0.3) is 0 Å². The molecular weight excluding hydrogens is 452 g/mol. The average Bonchev–Trinajstić information content (AvgIpc) is 3.30. The molecule has 0 bridgehead atoms. The molecule has 9 heteroatoms. The molecule has 0 unspecified atom stereocenters. The van der Waals surface area contributed by atoms with Gasteiger partial charge >= 0.3 is 0 Å². The lowest BCUT2D eigenvalue weighted by atomic mass is 10.1. The van der Waals surface area contributed by atoms with E-state index in [0.717, 1.165) is 68.8 Å². The molecule has 0 atom stereocenters. The zero-order valence-corrected chi connectivity index (χ0v) is 19.5. The van der Waals surface area contributed by atoms with Gasteiger partial charge in [-0.1, -0.05) is 6.07 Å². The number of hydrogen-bond donors (Lipinski definition) is 3. The van der Waals surface area contributed by atoms with Crippen molar-refractivity contribution in [3.8, 4) is 28.3 Å². The SMILES string of the molecule is Cc1cn(-c2cccc3[nH]c(-c4n[nH]c5ccc(-c6cncc(NC(=O)C7CC7)c6)nc45)cc23)cn1. The molecule has 0 radical (unpaired) electrons. The number of amides is 1. The molecule has 9 nitrogen and oxygen atoms in total. The second-order valence-electron chi connectivity index (χ2n) is 9.23. The topological polar surface area (TPSA) is 117 Å². The molecule has 36 heavy (non-hydrogen) atoms. The van der Waals surface area contributed by atoms with Crippen LogP contribution in [0.15, 0.2) is 67.4 Å². The van der Waals surface area contributed by atoms with Crippen molar-refractivity contribution in [3.05, 3.63) is 73.1 Å². The van der Waals surface area contributed by atoms with Crippen LogP contribution in [0.25, 0.3) is 50.3 Å². The highest BCUT2D eigenvalue weighted by atomic mass is 16.2. The van der Waals surface area contributed by atoms with Gasteiger partial charge in [-0.15, -0.1) is 0 Å². The highest BCUT2D eigenvalue weighted by Gasteiger charge is 2.29. The number of aromatic amines is 2. The summed E-state index contributed by atoms with van der Waals surface area (Å²) < 4.78 is 2.02. The van der Waals surface area contributed by atoms with Gasteiger partial charge in [0.05, 0.1) is 46.5 Å². The van der Waals surface area contributed by atoms with Crippen LogP contribution in [0.2, 0.25) is 0 Å². The molecule has 1 saturated carbocycles. The number of benzene rings is 1. The summed E-state index contributed by atoms with van der Waals surface area (Å²) in [6, 6.07) is 14.0. The summed E-state index contributed by atoms with van der Waals surface area (Å²) in [6.45, 7) is 1.98. The Balaban J connectivity index is 1.28. The predicted molar refractivity (Wildman–Crippen MR) is 138 cm³/mol. The van der Waals surface area contributed by atoms with Crippen molar-refractivity contribution in [3.63, 3.8) is 0 Å². The molecule has 5 heterocycles. The first-order valence-electron chi connectivity index (χ1n) is 11.9. The Kier molecular flexibility index (Phi) is 4.50. The largest absolute Gasteiger partial charge is 0.353 e. The molecular formula is C27H22N8O. The summed E-state index contributed by atoms with van der Waals surface area (Å²) in [5, 5.41) is 11.7. The van der Waals surface area contributed by atoms with E-state index in [1.807, 2.05) is 54.3 Å². The lowest BCUT2D eigenvalue weighted by molar-refractivity contribution is -0.117. The fourth-order valence-electron chi connectivity index (χ4n) is 4.53. The molecule has 1 aliphatic carbocycles. The predicted octanol–water partition coefficient (Wildman–Crippen LogP) is 5.01. The van der Waals surface area contributed by atoms with Crippen molar-refractivity contribution in [1.29, 1.82) is 0 Å². The second kappa shape index (κ2) is 7.88. The first-order valence-corrected chi connectivity index (χ1v) is 11.9. The minimum absolute atomic E-state index is 0.0542. The first kappa shape index (κ1) is 20.6. The van der Waals surface area contributed by atoms with Crippen molar-refractivity contribution >= 4 is 33.5 Å². The molecule has 0 spiro atoms. The molecule has 0 saturated heterocycles. The Morgan fingerprint density at radius 1 is 1.11 bits per heavy atom. The Labute approximate surface area is 205 Å². The number of nitrogens with zero attached hydrogens (tertiary/aromatic N) is 5. The molecule has 3 N–H and O–H groups in total. The minimum atomic E-state index is 0.0542. The van der Waals surface area contributed by atoms with Crippen LogP contribution >= 0.6 is 0 Å². The van der Waals surface area contributed by atoms with E-state index in [-0.39, 0.29) is 11.8 Å². The monoisotopic (exact) mass is 474 g/mol. The fourth-order valence-corrected chi connectivity index (χ4v) is 4.53. The number of H-pyrrole nitrogens is 2. The number of aromatic nitrogens is 7. The quantitative estimate of drug-likeness (QED) is 0.325. The Hall–Kier alpha value is -4.79. The number of carbonyl (C=O) groups excluding carboxylic acids is 1. The van der Waals surface area contributed by atoms with Gasteiger partial charge in [-0.2, -0.15) is 5.10 Å². The smallest absolute Gasteiger partial charge is 0.227 e. The van der Waals surface area contributed by atoms with Gasteiger partial charge in [-0.05, 0) is 56.2 Å². The average molecular weight is 475 g/mol. The third kappa shape index (κ3) is 3.52. The van der Waals surface area contributed by atoms with E-state index >= 15 is 0 Å². The van der Waals surface area contributed by atoms with Crippen molar-refractivity contribution < 1.29 is 4.79 Å². The molecule has 1 amide bonds. The number of imidazole rings is 1. The number of hydrogen-bond acceptors (Lipinski definition) is 5. The van der Waals surface area contributed by atoms with Gasteiger partial charge in [-0.3, -0.25) is 14.9 Å². The van der Waals surface area contributed by atoms with Crippen molar-refractivity contribution in [2.45, 2.75) is 19.8 Å². The van der Waals surface area contributed by atoms with Gasteiger partial charge in [-0.25, -0.2) is 9.97 Å². The van der Waals surface area contributed by atoms with Crippen LogP contribution in [0.4, 0.5) is 5.69 Å². The minimum Gasteiger partial charge on any atom is -0.353 e. The number of nitrogens with one attached hydrogen (secondary N) is 3. The fraction of sp³-hybridized carbons (Fsp3) is 0.148. The summed E-state index contributed by atoms with van der Waals surface area (Å²) in [7, 11) is 0. The molecule has 1 aliphatic rings. The Morgan fingerprint density at radius 3 is 2.86 bits per heavy atom. The van der Waals surface area contributed by atoms with Gasteiger partial charge in [0.15, 0.2) is 0 Å². The normalized spacial score (nSPS) is 13.5. The van der Waals surface area contributed by atoms with Gasteiger partial charge in [0, 0.05) is 34.8 Å². The van der Waals surface area contributed by atoms with E-state index in [4.69, 9.17) is 4.98 Å². The van der Waals surface area contributed by atoms with E-state index < -0.39 is 0 Å². The molecule has 176 valence electrons. The number of aryl methyl sites for hydroxylation is 1. The van der Waals surface area contributed by atoms with E-state index in [1.54, 1.807) is 12.4 Å². The highest BCUT2D eigenvalue weighted by molar-refractivity contribution is 5.97. The van der Waals surface area contributed by atoms with Crippen LogP contribution < -0.4 is 5.32 Å². The summed E-state index contributed by atoms with van der Waals surface area (Å²) >= 11 is 0. The molecule has 0 aliphatic heterocycles. The Bertz CT molecular complexity index is 1770. The van der Waals surface area contributed by atoms with Crippen LogP contribution in [-0.2, 0) is 4.79 Å². The van der Waals surface area contributed by atoms with Gasteiger partial charge in [0.1, 0.15) is 11.2 Å². The van der Waals surface area contributed by atoms with E-state index in [1.165, 1.54) is 0 Å².